The van der Waals surface area contributed by atoms with E-state index in [-0.39, 0.29) is 11.2 Å². The summed E-state index contributed by atoms with van der Waals surface area (Å²) in [5.41, 5.74) is -3.25. The average molecular weight is 345 g/mol. The van der Waals surface area contributed by atoms with Crippen LogP contribution in [0.15, 0.2) is 16.5 Å². The highest BCUT2D eigenvalue weighted by Gasteiger charge is 2.58. The maximum atomic E-state index is 13.4. The van der Waals surface area contributed by atoms with Gasteiger partial charge in [-0.05, 0) is 56.1 Å². The van der Waals surface area contributed by atoms with Crippen molar-refractivity contribution in [3.63, 3.8) is 0 Å². The van der Waals surface area contributed by atoms with Crippen LogP contribution in [0.1, 0.15) is 50.0 Å². The zero-order chi connectivity index (χ0) is 17.6. The van der Waals surface area contributed by atoms with E-state index in [0.29, 0.717) is 12.5 Å². The molecule has 4 nitrogen and oxygen atoms in total. The molecule has 0 aliphatic heterocycles. The summed E-state index contributed by atoms with van der Waals surface area (Å²) in [6.45, 7) is 1.87. The van der Waals surface area contributed by atoms with Crippen molar-refractivity contribution in [3.8, 4) is 0 Å². The molecule has 2 aliphatic rings. The number of hydrogen-bond acceptors (Lipinski definition) is 3. The van der Waals surface area contributed by atoms with E-state index in [1.165, 1.54) is 13.0 Å². The number of aryl methyl sites for hydroxylation is 1. The summed E-state index contributed by atoms with van der Waals surface area (Å²) in [4.78, 5) is 12.1. The van der Waals surface area contributed by atoms with Crippen LogP contribution in [0.5, 0.6) is 0 Å². The Hall–Kier alpha value is -1.50. The SMILES string of the molecule is Cc1ccc(C(O)(CC(=O)NCC2(C3CC3)CCC2)C(F)(F)F)o1. The van der Waals surface area contributed by atoms with Crippen molar-refractivity contribution in [1.29, 1.82) is 0 Å². The van der Waals surface area contributed by atoms with E-state index >= 15 is 0 Å². The molecule has 2 fully saturated rings. The predicted octanol–water partition coefficient (Wildman–Crippen LogP) is 3.42. The highest BCUT2D eigenvalue weighted by Crippen LogP contribution is 2.56. The summed E-state index contributed by atoms with van der Waals surface area (Å²) >= 11 is 0. The van der Waals surface area contributed by atoms with Gasteiger partial charge in [-0.3, -0.25) is 4.79 Å². The van der Waals surface area contributed by atoms with E-state index in [1.54, 1.807) is 0 Å². The summed E-state index contributed by atoms with van der Waals surface area (Å²) in [7, 11) is 0. The number of aliphatic hydroxyl groups is 1. The van der Waals surface area contributed by atoms with E-state index in [1.807, 2.05) is 0 Å². The minimum Gasteiger partial charge on any atom is -0.463 e. The Bertz CT molecular complexity index is 617. The van der Waals surface area contributed by atoms with Crippen LogP contribution in [0.25, 0.3) is 0 Å². The van der Waals surface area contributed by atoms with Crippen LogP contribution in [0.3, 0.4) is 0 Å². The molecule has 0 saturated heterocycles. The molecule has 2 aliphatic carbocycles. The third kappa shape index (κ3) is 3.06. The minimum absolute atomic E-state index is 0.0628. The van der Waals surface area contributed by atoms with Gasteiger partial charge in [0.25, 0.3) is 0 Å². The topological polar surface area (TPSA) is 62.5 Å². The van der Waals surface area contributed by atoms with Gasteiger partial charge in [0.15, 0.2) is 0 Å². The minimum atomic E-state index is -5.00. The predicted molar refractivity (Wildman–Crippen MR) is 80.0 cm³/mol. The van der Waals surface area contributed by atoms with E-state index < -0.39 is 29.9 Å². The molecule has 3 rings (SSSR count). The summed E-state index contributed by atoms with van der Waals surface area (Å²) in [6, 6.07) is 2.40. The van der Waals surface area contributed by atoms with Crippen LogP contribution >= 0.6 is 0 Å². The summed E-state index contributed by atoms with van der Waals surface area (Å²) in [5.74, 6) is -0.630. The molecule has 24 heavy (non-hydrogen) atoms. The first-order chi connectivity index (χ1) is 11.2. The molecule has 1 aromatic rings. The molecule has 0 spiro atoms. The monoisotopic (exact) mass is 345 g/mol. The first kappa shape index (κ1) is 17.3. The Balaban J connectivity index is 1.67. The number of carbonyl (C=O) groups excluding carboxylic acids is 1. The number of hydrogen-bond donors (Lipinski definition) is 2. The smallest absolute Gasteiger partial charge is 0.425 e. The van der Waals surface area contributed by atoms with E-state index in [9.17, 15) is 23.1 Å². The number of rotatable bonds is 6. The van der Waals surface area contributed by atoms with Gasteiger partial charge in [0, 0.05) is 6.54 Å². The lowest BCUT2D eigenvalue weighted by molar-refractivity contribution is -0.273. The Morgan fingerprint density at radius 3 is 2.46 bits per heavy atom. The normalized spacial score (nSPS) is 22.5. The lowest BCUT2D eigenvalue weighted by Crippen LogP contribution is -2.49. The Morgan fingerprint density at radius 1 is 1.38 bits per heavy atom. The van der Waals surface area contributed by atoms with Crippen LogP contribution in [-0.2, 0) is 10.4 Å². The molecular formula is C17H22F3NO3. The molecule has 7 heteroatoms. The zero-order valence-corrected chi connectivity index (χ0v) is 13.6. The fourth-order valence-corrected chi connectivity index (χ4v) is 3.61. The Labute approximate surface area is 138 Å². The number of alkyl halides is 3. The molecule has 134 valence electrons. The molecule has 1 atom stereocenters. The van der Waals surface area contributed by atoms with Crippen LogP contribution in [-0.4, -0.2) is 23.7 Å². The van der Waals surface area contributed by atoms with Gasteiger partial charge in [-0.25, -0.2) is 0 Å². The molecule has 2 N–H and O–H groups in total. The molecule has 1 aromatic heterocycles. The van der Waals surface area contributed by atoms with Gasteiger partial charge in [-0.1, -0.05) is 6.42 Å². The fourth-order valence-electron chi connectivity index (χ4n) is 3.61. The number of halogens is 3. The van der Waals surface area contributed by atoms with Crippen molar-refractivity contribution in [3.05, 3.63) is 23.7 Å². The maximum Gasteiger partial charge on any atom is 0.425 e. The van der Waals surface area contributed by atoms with Crippen LogP contribution in [0, 0.1) is 18.3 Å². The number of furan rings is 1. The molecule has 2 saturated carbocycles. The van der Waals surface area contributed by atoms with E-state index in [4.69, 9.17) is 4.42 Å². The highest BCUT2D eigenvalue weighted by atomic mass is 19.4. The third-order valence-corrected chi connectivity index (χ3v) is 5.46. The van der Waals surface area contributed by atoms with Gasteiger partial charge in [0.1, 0.15) is 11.5 Å². The van der Waals surface area contributed by atoms with E-state index in [2.05, 4.69) is 5.32 Å². The fraction of sp³-hybridized carbons (Fsp3) is 0.706. The summed E-state index contributed by atoms with van der Waals surface area (Å²) in [5, 5.41) is 12.8. The molecule has 1 amide bonds. The largest absolute Gasteiger partial charge is 0.463 e. The molecule has 1 unspecified atom stereocenters. The second-order valence-electron chi connectivity index (χ2n) is 7.21. The molecule has 0 aromatic carbocycles. The standard InChI is InChI=1S/C17H22F3NO3/c1-11-3-6-13(24-11)16(23,17(18,19)20)9-14(22)21-10-15(7-2-8-15)12-4-5-12/h3,6,12,23H,2,4-5,7-10H2,1H3,(H,21,22). The van der Waals surface area contributed by atoms with Crippen molar-refractivity contribution < 1.29 is 27.5 Å². The van der Waals surface area contributed by atoms with Crippen LogP contribution in [0.4, 0.5) is 13.2 Å². The lowest BCUT2D eigenvalue weighted by Gasteiger charge is -2.42. The average Bonchev–Trinajstić information content (AvgIpc) is 3.17. The van der Waals surface area contributed by atoms with Gasteiger partial charge in [0.05, 0.1) is 6.42 Å². The first-order valence-electron chi connectivity index (χ1n) is 8.29. The maximum absolute atomic E-state index is 13.4. The molecule has 0 bridgehead atoms. The lowest BCUT2D eigenvalue weighted by atomic mass is 9.65. The highest BCUT2D eigenvalue weighted by molar-refractivity contribution is 5.77. The van der Waals surface area contributed by atoms with Crippen molar-refractivity contribution in [2.24, 2.45) is 11.3 Å². The van der Waals surface area contributed by atoms with Gasteiger partial charge in [0.2, 0.25) is 11.5 Å². The second kappa shape index (κ2) is 5.79. The van der Waals surface area contributed by atoms with Gasteiger partial charge in [-0.15, -0.1) is 0 Å². The summed E-state index contributed by atoms with van der Waals surface area (Å²) < 4.78 is 45.0. The molecule has 1 heterocycles. The number of carbonyl (C=O) groups is 1. The summed E-state index contributed by atoms with van der Waals surface area (Å²) in [6.07, 6.45) is -0.701. The zero-order valence-electron chi connectivity index (χ0n) is 13.6. The van der Waals surface area contributed by atoms with Gasteiger partial charge < -0.3 is 14.8 Å². The Kier molecular flexibility index (Phi) is 4.18. The van der Waals surface area contributed by atoms with Crippen molar-refractivity contribution >= 4 is 5.91 Å². The van der Waals surface area contributed by atoms with E-state index in [0.717, 1.165) is 38.2 Å². The number of amides is 1. The van der Waals surface area contributed by atoms with Gasteiger partial charge >= 0.3 is 6.18 Å². The van der Waals surface area contributed by atoms with Crippen LogP contribution in [0.2, 0.25) is 0 Å². The quantitative estimate of drug-likeness (QED) is 0.830. The molecular weight excluding hydrogens is 323 g/mol. The van der Waals surface area contributed by atoms with Crippen molar-refractivity contribution in [2.75, 3.05) is 6.54 Å². The first-order valence-corrected chi connectivity index (χ1v) is 8.29. The molecule has 0 radical (unpaired) electrons. The third-order valence-electron chi connectivity index (χ3n) is 5.46. The Morgan fingerprint density at radius 2 is 2.04 bits per heavy atom. The second-order valence-corrected chi connectivity index (χ2v) is 7.21. The van der Waals surface area contributed by atoms with Crippen molar-refractivity contribution in [2.45, 2.75) is 57.2 Å². The van der Waals surface area contributed by atoms with Crippen LogP contribution < -0.4 is 5.32 Å². The van der Waals surface area contributed by atoms with Crippen molar-refractivity contribution in [1.82, 2.24) is 5.32 Å². The number of nitrogens with one attached hydrogen (secondary N) is 1. The van der Waals surface area contributed by atoms with Gasteiger partial charge in [-0.2, -0.15) is 13.2 Å².